The lowest BCUT2D eigenvalue weighted by Gasteiger charge is -2.10. The molecule has 102 valence electrons. The topological polar surface area (TPSA) is 103 Å². The van der Waals surface area contributed by atoms with E-state index in [9.17, 15) is 0 Å². The summed E-state index contributed by atoms with van der Waals surface area (Å²) in [5, 5.41) is 14.4. The molecule has 0 bridgehead atoms. The molecule has 0 radical (unpaired) electrons. The molecule has 20 heavy (non-hydrogen) atoms. The fourth-order valence-corrected chi connectivity index (χ4v) is 1.75. The number of hydrogen-bond acceptors (Lipinski definition) is 7. The molecule has 2 heterocycles. The predicted octanol–water partition coefficient (Wildman–Crippen LogP) is 0.592. The Kier molecular flexibility index (Phi) is 3.27. The van der Waals surface area contributed by atoms with Crippen molar-refractivity contribution >= 4 is 17.2 Å². The number of anilines is 2. The molecular weight excluding hydrogens is 258 g/mol. The number of nitrogens with one attached hydrogen (secondary N) is 1. The van der Waals surface area contributed by atoms with Crippen molar-refractivity contribution in [2.24, 2.45) is 0 Å². The van der Waals surface area contributed by atoms with Gasteiger partial charge in [-0.1, -0.05) is 12.1 Å². The summed E-state index contributed by atoms with van der Waals surface area (Å²) in [6, 6.07) is 7.38. The SMILES string of the molecule is Nc1ccccc1OCCNc1cncc2nnnn12. The van der Waals surface area contributed by atoms with E-state index in [4.69, 9.17) is 10.5 Å². The molecule has 0 aliphatic heterocycles. The van der Waals surface area contributed by atoms with Crippen LogP contribution in [-0.4, -0.2) is 38.2 Å². The van der Waals surface area contributed by atoms with E-state index in [-0.39, 0.29) is 0 Å². The summed E-state index contributed by atoms with van der Waals surface area (Å²) in [5.74, 6) is 1.38. The molecule has 2 aromatic heterocycles. The first kappa shape index (κ1) is 12.2. The first-order chi connectivity index (χ1) is 9.84. The first-order valence-electron chi connectivity index (χ1n) is 6.08. The standard InChI is InChI=1S/C12H13N7O/c13-9-3-1-2-4-10(9)20-6-5-15-11-7-14-8-12-16-17-18-19(11)12/h1-4,7-8,15H,5-6,13H2. The van der Waals surface area contributed by atoms with Gasteiger partial charge in [0.05, 0.1) is 24.6 Å². The molecule has 8 nitrogen and oxygen atoms in total. The molecule has 0 aliphatic rings. The monoisotopic (exact) mass is 271 g/mol. The van der Waals surface area contributed by atoms with E-state index in [1.54, 1.807) is 23.0 Å². The Balaban J connectivity index is 1.58. The highest BCUT2D eigenvalue weighted by atomic mass is 16.5. The highest BCUT2D eigenvalue weighted by molar-refractivity contribution is 5.51. The Morgan fingerprint density at radius 1 is 1.25 bits per heavy atom. The van der Waals surface area contributed by atoms with Gasteiger partial charge in [-0.15, -0.1) is 5.10 Å². The molecule has 0 atom stereocenters. The number of nitrogens with zero attached hydrogens (tertiary/aromatic N) is 5. The van der Waals surface area contributed by atoms with E-state index in [1.807, 2.05) is 18.2 Å². The van der Waals surface area contributed by atoms with Crippen LogP contribution in [0.25, 0.3) is 5.65 Å². The fourth-order valence-electron chi connectivity index (χ4n) is 1.75. The second kappa shape index (κ2) is 5.39. The highest BCUT2D eigenvalue weighted by Crippen LogP contribution is 2.19. The number of nitrogen functional groups attached to an aromatic ring is 1. The largest absolute Gasteiger partial charge is 0.490 e. The molecule has 8 heteroatoms. The van der Waals surface area contributed by atoms with Crippen molar-refractivity contribution in [1.82, 2.24) is 25.0 Å². The number of aromatic nitrogens is 5. The number of para-hydroxylation sites is 2. The summed E-state index contributed by atoms with van der Waals surface area (Å²) >= 11 is 0. The molecule has 0 fully saturated rings. The third-order valence-electron chi connectivity index (χ3n) is 2.69. The van der Waals surface area contributed by atoms with Crippen molar-refractivity contribution < 1.29 is 4.74 Å². The summed E-state index contributed by atoms with van der Waals surface area (Å²) in [4.78, 5) is 4.05. The molecule has 3 aromatic rings. The maximum absolute atomic E-state index is 5.79. The van der Waals surface area contributed by atoms with Crippen molar-refractivity contribution in [3.05, 3.63) is 36.7 Å². The van der Waals surface area contributed by atoms with Crippen LogP contribution in [-0.2, 0) is 0 Å². The summed E-state index contributed by atoms with van der Waals surface area (Å²) in [6.45, 7) is 1.04. The molecule has 0 saturated heterocycles. The lowest BCUT2D eigenvalue weighted by molar-refractivity contribution is 0.334. The maximum atomic E-state index is 5.79. The van der Waals surface area contributed by atoms with Crippen LogP contribution in [0.3, 0.4) is 0 Å². The zero-order chi connectivity index (χ0) is 13.8. The van der Waals surface area contributed by atoms with Gasteiger partial charge >= 0.3 is 0 Å². The highest BCUT2D eigenvalue weighted by Gasteiger charge is 2.03. The van der Waals surface area contributed by atoms with Crippen LogP contribution >= 0.6 is 0 Å². The number of nitrogens with two attached hydrogens (primary N) is 1. The third-order valence-corrected chi connectivity index (χ3v) is 2.69. The third kappa shape index (κ3) is 2.44. The predicted molar refractivity (Wildman–Crippen MR) is 73.4 cm³/mol. The van der Waals surface area contributed by atoms with Gasteiger partial charge in [0.25, 0.3) is 0 Å². The number of rotatable bonds is 5. The molecular formula is C12H13N7O. The van der Waals surface area contributed by atoms with E-state index in [2.05, 4.69) is 25.8 Å². The van der Waals surface area contributed by atoms with Crippen LogP contribution in [0.15, 0.2) is 36.7 Å². The van der Waals surface area contributed by atoms with Crippen molar-refractivity contribution in [3.63, 3.8) is 0 Å². The van der Waals surface area contributed by atoms with Crippen molar-refractivity contribution in [2.75, 3.05) is 24.2 Å². The quantitative estimate of drug-likeness (QED) is 0.517. The Morgan fingerprint density at radius 2 is 2.15 bits per heavy atom. The molecule has 1 aromatic carbocycles. The zero-order valence-corrected chi connectivity index (χ0v) is 10.6. The van der Waals surface area contributed by atoms with Crippen LogP contribution in [0, 0.1) is 0 Å². The first-order valence-corrected chi connectivity index (χ1v) is 6.08. The Labute approximate surface area is 114 Å². The van der Waals surface area contributed by atoms with Crippen LogP contribution in [0.4, 0.5) is 11.5 Å². The van der Waals surface area contributed by atoms with Crippen LogP contribution in [0.5, 0.6) is 5.75 Å². The van der Waals surface area contributed by atoms with Gasteiger partial charge in [-0.05, 0) is 22.6 Å². The van der Waals surface area contributed by atoms with Crippen LogP contribution in [0.1, 0.15) is 0 Å². The fraction of sp³-hybridized carbons (Fsp3) is 0.167. The average Bonchev–Trinajstić information content (AvgIpc) is 2.94. The lowest BCUT2D eigenvalue weighted by atomic mass is 10.3. The molecule has 3 N–H and O–H groups in total. The Bertz CT molecular complexity index is 712. The number of tetrazole rings is 1. The summed E-state index contributed by atoms with van der Waals surface area (Å²) in [7, 11) is 0. The van der Waals surface area contributed by atoms with Crippen molar-refractivity contribution in [2.45, 2.75) is 0 Å². The van der Waals surface area contributed by atoms with Gasteiger partial charge < -0.3 is 15.8 Å². The van der Waals surface area contributed by atoms with E-state index >= 15 is 0 Å². The Hall–Kier alpha value is -2.90. The number of benzene rings is 1. The molecule has 0 amide bonds. The Morgan fingerprint density at radius 3 is 3.05 bits per heavy atom. The second-order valence-corrected chi connectivity index (χ2v) is 4.05. The minimum atomic E-state index is 0.465. The van der Waals surface area contributed by atoms with Gasteiger partial charge in [-0.25, -0.2) is 0 Å². The minimum absolute atomic E-state index is 0.465. The van der Waals surface area contributed by atoms with Crippen molar-refractivity contribution in [3.8, 4) is 5.75 Å². The zero-order valence-electron chi connectivity index (χ0n) is 10.6. The average molecular weight is 271 g/mol. The molecule has 0 spiro atoms. The van der Waals surface area contributed by atoms with Gasteiger partial charge in [0.1, 0.15) is 12.4 Å². The summed E-state index contributed by atoms with van der Waals surface area (Å²) in [5.41, 5.74) is 7.00. The van der Waals surface area contributed by atoms with E-state index < -0.39 is 0 Å². The van der Waals surface area contributed by atoms with Crippen LogP contribution in [0.2, 0.25) is 0 Å². The lowest BCUT2D eigenvalue weighted by Crippen LogP contribution is -2.14. The van der Waals surface area contributed by atoms with Gasteiger partial charge in [-0.3, -0.25) is 4.98 Å². The minimum Gasteiger partial charge on any atom is -0.490 e. The summed E-state index contributed by atoms with van der Waals surface area (Å²) < 4.78 is 7.16. The van der Waals surface area contributed by atoms with Crippen LogP contribution < -0.4 is 15.8 Å². The normalized spacial score (nSPS) is 10.6. The van der Waals surface area contributed by atoms with Crippen molar-refractivity contribution in [1.29, 1.82) is 0 Å². The number of ether oxygens (including phenoxy) is 1. The number of fused-ring (bicyclic) bond motifs is 1. The van der Waals surface area contributed by atoms with E-state index in [0.717, 1.165) is 0 Å². The maximum Gasteiger partial charge on any atom is 0.199 e. The van der Waals surface area contributed by atoms with E-state index in [1.165, 1.54) is 0 Å². The molecule has 3 rings (SSSR count). The van der Waals surface area contributed by atoms with Gasteiger partial charge in [0.2, 0.25) is 0 Å². The summed E-state index contributed by atoms with van der Waals surface area (Å²) in [6.07, 6.45) is 3.24. The van der Waals surface area contributed by atoms with Gasteiger partial charge in [0, 0.05) is 0 Å². The smallest absolute Gasteiger partial charge is 0.199 e. The second-order valence-electron chi connectivity index (χ2n) is 4.05. The van der Waals surface area contributed by atoms with E-state index in [0.29, 0.717) is 36.1 Å². The molecule has 0 unspecified atom stereocenters. The van der Waals surface area contributed by atoms with Gasteiger partial charge in [-0.2, -0.15) is 4.52 Å². The molecule has 0 aliphatic carbocycles. The van der Waals surface area contributed by atoms with Gasteiger partial charge in [0.15, 0.2) is 11.5 Å². The number of hydrogen-bond donors (Lipinski definition) is 2. The molecule has 0 saturated carbocycles.